The standard InChI is InChI=1S/C29H22N2/c1-3-17-31-27-12-8-6-10-23(27)25-16-14-21(19-29(25)31)20-13-15-24-22-9-5-7-11-26(22)30(4-2)28(24)18-20/h1,5-16,18-19H,4,17H2,2H3. The third-order valence-electron chi connectivity index (χ3n) is 6.45. The van der Waals surface area contributed by atoms with Crippen molar-refractivity contribution in [3.8, 4) is 23.5 Å². The summed E-state index contributed by atoms with van der Waals surface area (Å²) in [5, 5.41) is 5.12. The molecule has 0 amide bonds. The van der Waals surface area contributed by atoms with Crippen molar-refractivity contribution in [3.05, 3.63) is 84.9 Å². The van der Waals surface area contributed by atoms with Crippen LogP contribution in [-0.2, 0) is 13.1 Å². The number of fused-ring (bicyclic) bond motifs is 6. The molecule has 0 N–H and O–H groups in total. The van der Waals surface area contributed by atoms with Crippen LogP contribution in [0.1, 0.15) is 6.92 Å². The normalized spacial score (nSPS) is 11.6. The fourth-order valence-corrected chi connectivity index (χ4v) is 5.06. The molecule has 6 rings (SSSR count). The third kappa shape index (κ3) is 2.54. The zero-order valence-corrected chi connectivity index (χ0v) is 17.5. The van der Waals surface area contributed by atoms with E-state index in [0.29, 0.717) is 6.54 Å². The maximum absolute atomic E-state index is 5.71. The van der Waals surface area contributed by atoms with Gasteiger partial charge in [0.25, 0.3) is 0 Å². The molecule has 2 nitrogen and oxygen atoms in total. The number of hydrogen-bond donors (Lipinski definition) is 0. The van der Waals surface area contributed by atoms with Crippen molar-refractivity contribution in [1.82, 2.24) is 9.13 Å². The lowest BCUT2D eigenvalue weighted by Gasteiger charge is -2.08. The van der Waals surface area contributed by atoms with Gasteiger partial charge in [-0.25, -0.2) is 0 Å². The van der Waals surface area contributed by atoms with E-state index < -0.39 is 0 Å². The Morgan fingerprint density at radius 3 is 1.65 bits per heavy atom. The van der Waals surface area contributed by atoms with Gasteiger partial charge in [-0.1, -0.05) is 66.6 Å². The number of nitrogens with zero attached hydrogens (tertiary/aromatic N) is 2. The Kier molecular flexibility index (Phi) is 3.91. The van der Waals surface area contributed by atoms with Crippen LogP contribution in [0.3, 0.4) is 0 Å². The number of aryl methyl sites for hydroxylation is 1. The van der Waals surface area contributed by atoms with Crippen molar-refractivity contribution >= 4 is 43.6 Å². The monoisotopic (exact) mass is 398 g/mol. The molecule has 0 unspecified atom stereocenters. The molecular weight excluding hydrogens is 376 g/mol. The van der Waals surface area contributed by atoms with Crippen LogP contribution >= 0.6 is 0 Å². The van der Waals surface area contributed by atoms with Crippen molar-refractivity contribution in [3.63, 3.8) is 0 Å². The van der Waals surface area contributed by atoms with E-state index in [1.165, 1.54) is 54.7 Å². The minimum absolute atomic E-state index is 0.566. The van der Waals surface area contributed by atoms with Crippen LogP contribution in [0.4, 0.5) is 0 Å². The number of hydrogen-bond acceptors (Lipinski definition) is 0. The lowest BCUT2D eigenvalue weighted by atomic mass is 10.0. The Labute approximate surface area is 181 Å². The van der Waals surface area contributed by atoms with Crippen molar-refractivity contribution in [2.75, 3.05) is 0 Å². The summed E-state index contributed by atoms with van der Waals surface area (Å²) in [4.78, 5) is 0. The smallest absolute Gasteiger partial charge is 0.0841 e. The second-order valence-electron chi connectivity index (χ2n) is 8.03. The molecule has 148 valence electrons. The first kappa shape index (κ1) is 17.9. The molecule has 4 aromatic carbocycles. The topological polar surface area (TPSA) is 9.86 Å². The predicted molar refractivity (Wildman–Crippen MR) is 132 cm³/mol. The van der Waals surface area contributed by atoms with Gasteiger partial charge in [-0.15, -0.1) is 6.42 Å². The van der Waals surface area contributed by atoms with Crippen molar-refractivity contribution in [2.24, 2.45) is 0 Å². The SMILES string of the molecule is C#CCn1c2ccccc2c2ccc(-c3ccc4c5ccccc5n(CC)c4c3)cc21. The highest BCUT2D eigenvalue weighted by Crippen LogP contribution is 2.35. The molecule has 0 bridgehead atoms. The summed E-state index contributed by atoms with van der Waals surface area (Å²) in [6.07, 6.45) is 5.71. The van der Waals surface area contributed by atoms with Crippen molar-refractivity contribution < 1.29 is 0 Å². The van der Waals surface area contributed by atoms with Crippen LogP contribution in [0.2, 0.25) is 0 Å². The molecule has 0 aliphatic carbocycles. The fraction of sp³-hybridized carbons (Fsp3) is 0.103. The van der Waals surface area contributed by atoms with Crippen LogP contribution < -0.4 is 0 Å². The van der Waals surface area contributed by atoms with Crippen LogP contribution in [0.5, 0.6) is 0 Å². The Hall–Kier alpha value is -3.96. The molecule has 2 heteroatoms. The van der Waals surface area contributed by atoms with Gasteiger partial charge in [-0.2, -0.15) is 0 Å². The quantitative estimate of drug-likeness (QED) is 0.278. The van der Waals surface area contributed by atoms with Gasteiger partial charge in [0, 0.05) is 44.6 Å². The zero-order chi connectivity index (χ0) is 20.9. The van der Waals surface area contributed by atoms with E-state index in [1.54, 1.807) is 0 Å². The molecular formula is C29H22N2. The first-order valence-corrected chi connectivity index (χ1v) is 10.8. The molecule has 2 aromatic heterocycles. The molecule has 0 fully saturated rings. The molecule has 6 aromatic rings. The summed E-state index contributed by atoms with van der Waals surface area (Å²) in [6.45, 7) is 3.72. The molecule has 0 saturated carbocycles. The van der Waals surface area contributed by atoms with Crippen molar-refractivity contribution in [2.45, 2.75) is 20.0 Å². The third-order valence-corrected chi connectivity index (χ3v) is 6.45. The summed E-state index contributed by atoms with van der Waals surface area (Å²) >= 11 is 0. The first-order chi connectivity index (χ1) is 15.3. The zero-order valence-electron chi connectivity index (χ0n) is 17.5. The van der Waals surface area contributed by atoms with Gasteiger partial charge >= 0.3 is 0 Å². The summed E-state index contributed by atoms with van der Waals surface area (Å²) in [5.41, 5.74) is 7.39. The van der Waals surface area contributed by atoms with E-state index in [4.69, 9.17) is 6.42 Å². The van der Waals surface area contributed by atoms with Gasteiger partial charge in [0.1, 0.15) is 0 Å². The minimum atomic E-state index is 0.566. The number of benzene rings is 4. The van der Waals surface area contributed by atoms with Crippen LogP contribution in [0.25, 0.3) is 54.7 Å². The predicted octanol–water partition coefficient (Wildman–Crippen LogP) is 7.22. The van der Waals surface area contributed by atoms with Gasteiger partial charge in [-0.3, -0.25) is 0 Å². The summed E-state index contributed by atoms with van der Waals surface area (Å²) in [7, 11) is 0. The molecule has 0 aliphatic rings. The van der Waals surface area contributed by atoms with Gasteiger partial charge in [0.2, 0.25) is 0 Å². The highest BCUT2D eigenvalue weighted by molar-refractivity contribution is 6.11. The van der Waals surface area contributed by atoms with E-state index in [1.807, 2.05) is 0 Å². The minimum Gasteiger partial charge on any atom is -0.341 e. The molecule has 2 heterocycles. The number of terminal acetylenes is 1. The van der Waals surface area contributed by atoms with Gasteiger partial charge in [0.05, 0.1) is 12.1 Å². The summed E-state index contributed by atoms with van der Waals surface area (Å²) < 4.78 is 4.65. The number of aromatic nitrogens is 2. The Morgan fingerprint density at radius 1 is 0.613 bits per heavy atom. The van der Waals surface area contributed by atoms with Gasteiger partial charge < -0.3 is 9.13 Å². The Balaban J connectivity index is 1.61. The van der Waals surface area contributed by atoms with E-state index in [2.05, 4.69) is 107 Å². The van der Waals surface area contributed by atoms with Gasteiger partial charge in [0.15, 0.2) is 0 Å². The van der Waals surface area contributed by atoms with Crippen LogP contribution in [-0.4, -0.2) is 9.13 Å². The lowest BCUT2D eigenvalue weighted by Crippen LogP contribution is -1.95. The number of rotatable bonds is 3. The highest BCUT2D eigenvalue weighted by atomic mass is 15.0. The van der Waals surface area contributed by atoms with E-state index in [9.17, 15) is 0 Å². The van der Waals surface area contributed by atoms with Gasteiger partial charge in [-0.05, 0) is 42.3 Å². The largest absolute Gasteiger partial charge is 0.341 e. The van der Waals surface area contributed by atoms with E-state index >= 15 is 0 Å². The van der Waals surface area contributed by atoms with E-state index in [-0.39, 0.29) is 0 Å². The second-order valence-corrected chi connectivity index (χ2v) is 8.03. The molecule has 0 aliphatic heterocycles. The molecule has 0 spiro atoms. The average Bonchev–Trinajstić information content (AvgIpc) is 3.31. The molecule has 0 atom stereocenters. The Bertz CT molecular complexity index is 1650. The first-order valence-electron chi connectivity index (χ1n) is 10.8. The van der Waals surface area contributed by atoms with E-state index in [0.717, 1.165) is 6.54 Å². The molecule has 0 saturated heterocycles. The highest BCUT2D eigenvalue weighted by Gasteiger charge is 2.13. The number of para-hydroxylation sites is 2. The van der Waals surface area contributed by atoms with Crippen LogP contribution in [0.15, 0.2) is 84.9 Å². The fourth-order valence-electron chi connectivity index (χ4n) is 5.06. The second kappa shape index (κ2) is 6.79. The maximum Gasteiger partial charge on any atom is 0.0841 e. The van der Waals surface area contributed by atoms with Crippen LogP contribution in [0, 0.1) is 12.3 Å². The van der Waals surface area contributed by atoms with Crippen molar-refractivity contribution in [1.29, 1.82) is 0 Å². The molecule has 31 heavy (non-hydrogen) atoms. The lowest BCUT2D eigenvalue weighted by molar-refractivity contribution is 0.827. The maximum atomic E-state index is 5.71. The Morgan fingerprint density at radius 2 is 1.10 bits per heavy atom. The summed E-state index contributed by atoms with van der Waals surface area (Å²) in [5.74, 6) is 2.83. The molecule has 0 radical (unpaired) electrons. The average molecular weight is 399 g/mol. The summed E-state index contributed by atoms with van der Waals surface area (Å²) in [6, 6.07) is 30.7.